The highest BCUT2D eigenvalue weighted by Gasteiger charge is 2.37. The van der Waals surface area contributed by atoms with Crippen molar-refractivity contribution in [3.8, 4) is 0 Å². The topological polar surface area (TPSA) is 21.3 Å². The Labute approximate surface area is 97.0 Å². The Bertz CT molecular complexity index is 369. The zero-order valence-electron chi connectivity index (χ0n) is 9.67. The van der Waals surface area contributed by atoms with Gasteiger partial charge in [0.2, 0.25) is 0 Å². The molecule has 16 heavy (non-hydrogen) atoms. The van der Waals surface area contributed by atoms with Crippen molar-refractivity contribution in [2.24, 2.45) is 0 Å². The minimum absolute atomic E-state index is 0.0364. The zero-order chi connectivity index (χ0) is 10.8. The lowest BCUT2D eigenvalue weighted by Crippen LogP contribution is -2.47. The monoisotopic (exact) mass is 217 g/mol. The molecule has 0 radical (unpaired) electrons. The van der Waals surface area contributed by atoms with Crippen LogP contribution in [0.2, 0.25) is 0 Å². The van der Waals surface area contributed by atoms with E-state index < -0.39 is 0 Å². The Hall–Kier alpha value is -0.860. The van der Waals surface area contributed by atoms with Gasteiger partial charge in [0.15, 0.2) is 0 Å². The average molecular weight is 217 g/mol. The van der Waals surface area contributed by atoms with E-state index in [2.05, 4.69) is 29.6 Å². The molecule has 3 rings (SSSR count). The second-order valence-corrected chi connectivity index (χ2v) is 4.88. The van der Waals surface area contributed by atoms with E-state index in [0.717, 1.165) is 26.1 Å². The highest BCUT2D eigenvalue weighted by Crippen LogP contribution is 2.37. The lowest BCUT2D eigenvalue weighted by molar-refractivity contribution is -0.0769. The van der Waals surface area contributed by atoms with Gasteiger partial charge in [0.05, 0.1) is 6.61 Å². The van der Waals surface area contributed by atoms with Crippen LogP contribution in [-0.4, -0.2) is 19.7 Å². The molecule has 0 amide bonds. The summed E-state index contributed by atoms with van der Waals surface area (Å²) in [5, 5.41) is 3.49. The predicted octanol–water partition coefficient (Wildman–Crippen LogP) is 2.23. The standard InChI is InChI=1S/C14H19NO/c1-2-7-13-12(5-1)6-3-4-8-14(13)11-15-9-10-16-14/h1-2,5,7,15H,3-4,6,8-11H2. The van der Waals surface area contributed by atoms with Gasteiger partial charge in [-0.1, -0.05) is 24.3 Å². The van der Waals surface area contributed by atoms with E-state index >= 15 is 0 Å². The van der Waals surface area contributed by atoms with Crippen molar-refractivity contribution in [3.05, 3.63) is 35.4 Å². The number of morpholine rings is 1. The van der Waals surface area contributed by atoms with Crippen LogP contribution < -0.4 is 5.32 Å². The number of fused-ring (bicyclic) bond motifs is 2. The first-order valence-electron chi connectivity index (χ1n) is 6.34. The molecule has 2 heteroatoms. The quantitative estimate of drug-likeness (QED) is 0.719. The number of hydrogen-bond donors (Lipinski definition) is 1. The van der Waals surface area contributed by atoms with Crippen LogP contribution in [0.3, 0.4) is 0 Å². The number of rotatable bonds is 0. The maximum atomic E-state index is 6.15. The molecule has 1 spiro atoms. The van der Waals surface area contributed by atoms with Crippen LogP contribution >= 0.6 is 0 Å². The Kier molecular flexibility index (Phi) is 2.70. The van der Waals surface area contributed by atoms with E-state index in [4.69, 9.17) is 4.74 Å². The second kappa shape index (κ2) is 4.19. The van der Waals surface area contributed by atoms with Gasteiger partial charge in [-0.2, -0.15) is 0 Å². The van der Waals surface area contributed by atoms with Crippen molar-refractivity contribution in [2.45, 2.75) is 31.3 Å². The van der Waals surface area contributed by atoms with Crippen LogP contribution in [-0.2, 0) is 16.8 Å². The third kappa shape index (κ3) is 1.66. The SMILES string of the molecule is c1ccc2c(c1)CCCCC21CNCCO1. The van der Waals surface area contributed by atoms with Crippen LogP contribution in [0.25, 0.3) is 0 Å². The number of aryl methyl sites for hydroxylation is 1. The van der Waals surface area contributed by atoms with Crippen molar-refractivity contribution < 1.29 is 4.74 Å². The second-order valence-electron chi connectivity index (χ2n) is 4.88. The molecule has 86 valence electrons. The molecule has 1 N–H and O–H groups in total. The van der Waals surface area contributed by atoms with Gasteiger partial charge in [-0.15, -0.1) is 0 Å². The van der Waals surface area contributed by atoms with E-state index in [1.165, 1.54) is 30.4 Å². The number of nitrogens with one attached hydrogen (secondary N) is 1. The van der Waals surface area contributed by atoms with Gasteiger partial charge >= 0.3 is 0 Å². The highest BCUT2D eigenvalue weighted by molar-refractivity contribution is 5.34. The maximum Gasteiger partial charge on any atom is 0.106 e. The number of hydrogen-bond acceptors (Lipinski definition) is 2. The Morgan fingerprint density at radius 2 is 2.12 bits per heavy atom. The molecular weight excluding hydrogens is 198 g/mol. The molecule has 0 saturated carbocycles. The third-order valence-corrected chi connectivity index (χ3v) is 3.85. The average Bonchev–Trinajstić information content (AvgIpc) is 2.52. The van der Waals surface area contributed by atoms with Crippen LogP contribution in [0.15, 0.2) is 24.3 Å². The van der Waals surface area contributed by atoms with E-state index in [-0.39, 0.29) is 5.60 Å². The van der Waals surface area contributed by atoms with Crippen LogP contribution in [0, 0.1) is 0 Å². The third-order valence-electron chi connectivity index (χ3n) is 3.85. The molecule has 1 aliphatic carbocycles. The maximum absolute atomic E-state index is 6.15. The van der Waals surface area contributed by atoms with Crippen LogP contribution in [0.1, 0.15) is 30.4 Å². The Morgan fingerprint density at radius 1 is 1.19 bits per heavy atom. The molecule has 2 aliphatic rings. The van der Waals surface area contributed by atoms with Crippen molar-refractivity contribution in [2.75, 3.05) is 19.7 Å². The highest BCUT2D eigenvalue weighted by atomic mass is 16.5. The summed E-state index contributed by atoms with van der Waals surface area (Å²) in [6.45, 7) is 2.81. The molecular formula is C14H19NO. The summed E-state index contributed by atoms with van der Waals surface area (Å²) < 4.78 is 6.15. The summed E-state index contributed by atoms with van der Waals surface area (Å²) in [7, 11) is 0. The molecule has 1 aliphatic heterocycles. The van der Waals surface area contributed by atoms with Crippen LogP contribution in [0.4, 0.5) is 0 Å². The van der Waals surface area contributed by atoms with Crippen LogP contribution in [0.5, 0.6) is 0 Å². The van der Waals surface area contributed by atoms with E-state index in [1.54, 1.807) is 0 Å². The van der Waals surface area contributed by atoms with Gasteiger partial charge in [-0.25, -0.2) is 0 Å². The summed E-state index contributed by atoms with van der Waals surface area (Å²) in [5.41, 5.74) is 2.88. The summed E-state index contributed by atoms with van der Waals surface area (Å²) in [6, 6.07) is 8.81. The zero-order valence-corrected chi connectivity index (χ0v) is 9.67. The van der Waals surface area contributed by atoms with Crippen molar-refractivity contribution >= 4 is 0 Å². The lowest BCUT2D eigenvalue weighted by atomic mass is 9.87. The summed E-state index contributed by atoms with van der Waals surface area (Å²) in [5.74, 6) is 0. The smallest absolute Gasteiger partial charge is 0.106 e. The van der Waals surface area contributed by atoms with Gasteiger partial charge in [0.25, 0.3) is 0 Å². The van der Waals surface area contributed by atoms with Gasteiger partial charge in [-0.3, -0.25) is 0 Å². The molecule has 1 unspecified atom stereocenters. The summed E-state index contributed by atoms with van der Waals surface area (Å²) >= 11 is 0. The minimum Gasteiger partial charge on any atom is -0.368 e. The first-order chi connectivity index (χ1) is 7.91. The molecule has 1 aromatic carbocycles. The van der Waals surface area contributed by atoms with E-state index in [9.17, 15) is 0 Å². The summed E-state index contributed by atoms with van der Waals surface area (Å²) in [6.07, 6.45) is 4.94. The summed E-state index contributed by atoms with van der Waals surface area (Å²) in [4.78, 5) is 0. The molecule has 1 aromatic rings. The normalized spacial score (nSPS) is 29.8. The predicted molar refractivity (Wildman–Crippen MR) is 64.5 cm³/mol. The molecule has 0 bridgehead atoms. The minimum atomic E-state index is -0.0364. The fourth-order valence-electron chi connectivity index (χ4n) is 3.04. The fourth-order valence-corrected chi connectivity index (χ4v) is 3.04. The van der Waals surface area contributed by atoms with Gasteiger partial charge in [0.1, 0.15) is 5.60 Å². The van der Waals surface area contributed by atoms with Gasteiger partial charge < -0.3 is 10.1 Å². The molecule has 0 aromatic heterocycles. The van der Waals surface area contributed by atoms with E-state index in [0.29, 0.717) is 0 Å². The molecule has 1 saturated heterocycles. The first-order valence-corrected chi connectivity index (χ1v) is 6.34. The Morgan fingerprint density at radius 3 is 3.00 bits per heavy atom. The fraction of sp³-hybridized carbons (Fsp3) is 0.571. The molecule has 1 fully saturated rings. The van der Waals surface area contributed by atoms with Gasteiger partial charge in [0, 0.05) is 13.1 Å². The molecule has 1 heterocycles. The van der Waals surface area contributed by atoms with E-state index in [1.807, 2.05) is 0 Å². The van der Waals surface area contributed by atoms with Crippen molar-refractivity contribution in [1.29, 1.82) is 0 Å². The molecule has 1 atom stereocenters. The van der Waals surface area contributed by atoms with Crippen molar-refractivity contribution in [1.82, 2.24) is 5.32 Å². The molecule has 2 nitrogen and oxygen atoms in total. The number of ether oxygens (including phenoxy) is 1. The lowest BCUT2D eigenvalue weighted by Gasteiger charge is -2.38. The van der Waals surface area contributed by atoms with Crippen molar-refractivity contribution in [3.63, 3.8) is 0 Å². The largest absolute Gasteiger partial charge is 0.368 e. The van der Waals surface area contributed by atoms with Gasteiger partial charge in [-0.05, 0) is 36.8 Å². The first kappa shape index (κ1) is 10.3. The number of benzene rings is 1. The Balaban J connectivity index is 2.04.